The highest BCUT2D eigenvalue weighted by molar-refractivity contribution is 6.19. The van der Waals surface area contributed by atoms with E-state index in [2.05, 4.69) is 87.3 Å². The van der Waals surface area contributed by atoms with Crippen LogP contribution in [0.1, 0.15) is 77.9 Å². The molecule has 2 aliphatic rings. The van der Waals surface area contributed by atoms with Crippen molar-refractivity contribution in [2.75, 3.05) is 0 Å². The molecule has 8 rings (SSSR count). The number of pyridine rings is 1. The molecule has 0 amide bonds. The zero-order chi connectivity index (χ0) is 36.4. The van der Waals surface area contributed by atoms with Gasteiger partial charge in [-0.05, 0) is 132 Å². The number of carboxylic acid groups (broad SMARTS) is 1. The molecule has 5 heteroatoms. The number of ketones is 1. The van der Waals surface area contributed by atoms with E-state index in [4.69, 9.17) is 0 Å². The maximum absolute atomic E-state index is 14.3. The van der Waals surface area contributed by atoms with Gasteiger partial charge in [-0.3, -0.25) is 9.78 Å². The van der Waals surface area contributed by atoms with Crippen LogP contribution in [0.25, 0.3) is 55.4 Å². The lowest BCUT2D eigenvalue weighted by molar-refractivity contribution is 0.0693. The van der Waals surface area contributed by atoms with E-state index >= 15 is 0 Å². The summed E-state index contributed by atoms with van der Waals surface area (Å²) in [6, 6.07) is 29.3. The highest BCUT2D eigenvalue weighted by Crippen LogP contribution is 2.53. The van der Waals surface area contributed by atoms with E-state index in [1.165, 1.54) is 45.9 Å². The summed E-state index contributed by atoms with van der Waals surface area (Å²) in [4.78, 5) is 30.1. The molecule has 0 bridgehead atoms. The van der Waals surface area contributed by atoms with E-state index in [1.54, 1.807) is 12.1 Å². The predicted octanol–water partition coefficient (Wildman–Crippen LogP) is 11.4. The molecule has 2 aliphatic carbocycles. The normalized spacial score (nSPS) is 15.9. The van der Waals surface area contributed by atoms with Gasteiger partial charge in [-0.2, -0.15) is 0 Å². The lowest BCUT2D eigenvalue weighted by Crippen LogP contribution is -2.28. The molecule has 1 aromatic heterocycles. The molecule has 0 saturated heterocycles. The number of aromatic nitrogens is 1. The summed E-state index contributed by atoms with van der Waals surface area (Å²) in [6.45, 7) is 9.35. The monoisotopic (exact) mass is 681 g/mol. The summed E-state index contributed by atoms with van der Waals surface area (Å²) in [6.07, 6.45) is 13.5. The number of carboxylic acids is 1. The molecule has 0 radical (unpaired) electrons. The molecule has 0 spiro atoms. The number of nitrogens with zero attached hydrogens (tertiary/aromatic N) is 1. The van der Waals surface area contributed by atoms with E-state index < -0.39 is 5.97 Å². The number of carbonyl (C=O) groups excluding carboxylic acids is 1. The first kappa shape index (κ1) is 33.1. The Kier molecular flexibility index (Phi) is 7.83. The standard InChI is InChI=1S/C47H39NO4/c1-46(2)20-17-34-33(26-46)27-47(3,4)44-37(34)15-12-31-24-32(25-39(42(31)44)30-18-21-48-22-19-30)36-14-11-29-7-5-6-8-35(29)43(36)40(49)16-10-28-9-13-38(45(51)52)41(50)23-28/h5-25,50H,26-27H2,1-4H3,(H,51,52)/b16-10+. The summed E-state index contributed by atoms with van der Waals surface area (Å²) in [5, 5.41) is 23.7. The first-order valence-corrected chi connectivity index (χ1v) is 17.6. The lowest BCUT2D eigenvalue weighted by Gasteiger charge is -2.40. The fourth-order valence-electron chi connectivity index (χ4n) is 8.36. The van der Waals surface area contributed by atoms with Crippen molar-refractivity contribution in [2.45, 2.75) is 46.0 Å². The minimum Gasteiger partial charge on any atom is -0.507 e. The number of phenols is 1. The van der Waals surface area contributed by atoms with E-state index in [0.29, 0.717) is 11.1 Å². The third-order valence-electron chi connectivity index (χ3n) is 10.6. The quantitative estimate of drug-likeness (QED) is 0.135. The van der Waals surface area contributed by atoms with Gasteiger partial charge in [0, 0.05) is 18.0 Å². The predicted molar refractivity (Wildman–Crippen MR) is 211 cm³/mol. The van der Waals surface area contributed by atoms with Crippen molar-refractivity contribution >= 4 is 44.9 Å². The average Bonchev–Trinajstić information content (AvgIpc) is 3.12. The molecule has 0 aliphatic heterocycles. The fourth-order valence-corrected chi connectivity index (χ4v) is 8.36. The number of benzene rings is 5. The molecular weight excluding hydrogens is 643 g/mol. The third-order valence-corrected chi connectivity index (χ3v) is 10.6. The molecule has 0 unspecified atom stereocenters. The molecule has 0 fully saturated rings. The highest BCUT2D eigenvalue weighted by atomic mass is 16.4. The largest absolute Gasteiger partial charge is 0.507 e. The van der Waals surface area contributed by atoms with Crippen LogP contribution in [0.5, 0.6) is 5.75 Å². The second kappa shape index (κ2) is 12.3. The van der Waals surface area contributed by atoms with Crippen LogP contribution in [0.2, 0.25) is 0 Å². The summed E-state index contributed by atoms with van der Waals surface area (Å²) >= 11 is 0. The Hall–Kier alpha value is -6.07. The van der Waals surface area contributed by atoms with Crippen molar-refractivity contribution in [1.82, 2.24) is 4.98 Å². The van der Waals surface area contributed by atoms with Crippen molar-refractivity contribution in [3.8, 4) is 28.0 Å². The van der Waals surface area contributed by atoms with Gasteiger partial charge in [0.25, 0.3) is 0 Å². The van der Waals surface area contributed by atoms with Gasteiger partial charge in [-0.25, -0.2) is 4.79 Å². The number of rotatable bonds is 6. The average molecular weight is 682 g/mol. The van der Waals surface area contributed by atoms with Gasteiger partial charge in [0.1, 0.15) is 11.3 Å². The molecule has 256 valence electrons. The Morgan fingerprint density at radius 2 is 1.52 bits per heavy atom. The molecule has 5 nitrogen and oxygen atoms in total. The van der Waals surface area contributed by atoms with Crippen molar-refractivity contribution < 1.29 is 19.8 Å². The zero-order valence-electron chi connectivity index (χ0n) is 29.7. The van der Waals surface area contributed by atoms with Crippen LogP contribution in [-0.4, -0.2) is 26.9 Å². The Morgan fingerprint density at radius 3 is 2.29 bits per heavy atom. The Bertz CT molecular complexity index is 2570. The van der Waals surface area contributed by atoms with E-state index in [0.717, 1.165) is 51.3 Å². The smallest absolute Gasteiger partial charge is 0.339 e. The summed E-state index contributed by atoms with van der Waals surface area (Å²) < 4.78 is 0. The van der Waals surface area contributed by atoms with Crippen LogP contribution >= 0.6 is 0 Å². The van der Waals surface area contributed by atoms with Gasteiger partial charge in [-0.1, -0.05) is 106 Å². The van der Waals surface area contributed by atoms with Crippen molar-refractivity contribution in [2.24, 2.45) is 5.41 Å². The molecule has 2 N–H and O–H groups in total. The molecule has 6 aromatic rings. The molecule has 0 saturated carbocycles. The maximum atomic E-state index is 14.3. The maximum Gasteiger partial charge on any atom is 0.339 e. The second-order valence-electron chi connectivity index (χ2n) is 15.4. The molecule has 52 heavy (non-hydrogen) atoms. The molecule has 5 aromatic carbocycles. The van der Waals surface area contributed by atoms with Gasteiger partial charge in [0.15, 0.2) is 5.78 Å². The summed E-state index contributed by atoms with van der Waals surface area (Å²) in [5.74, 6) is -1.77. The van der Waals surface area contributed by atoms with Gasteiger partial charge >= 0.3 is 5.97 Å². The van der Waals surface area contributed by atoms with Crippen molar-refractivity contribution in [1.29, 1.82) is 0 Å². The van der Waals surface area contributed by atoms with Gasteiger partial charge < -0.3 is 10.2 Å². The topological polar surface area (TPSA) is 87.5 Å². The third kappa shape index (κ3) is 5.72. The van der Waals surface area contributed by atoms with Crippen LogP contribution < -0.4 is 0 Å². The number of fused-ring (bicyclic) bond motifs is 5. The molecule has 1 heterocycles. The number of carbonyl (C=O) groups is 2. The Balaban J connectivity index is 1.34. The number of hydrogen-bond donors (Lipinski definition) is 2. The number of aromatic hydroxyl groups is 1. The molecular formula is C47H39NO4. The van der Waals surface area contributed by atoms with E-state index in [1.807, 2.05) is 42.7 Å². The minimum atomic E-state index is -1.22. The molecule has 0 atom stereocenters. The number of hydrogen-bond acceptors (Lipinski definition) is 4. The minimum absolute atomic E-state index is 0.107. The zero-order valence-corrected chi connectivity index (χ0v) is 29.7. The van der Waals surface area contributed by atoms with Crippen molar-refractivity contribution in [3.63, 3.8) is 0 Å². The fraction of sp³-hybridized carbons (Fsp3) is 0.170. The Labute approximate surface area is 303 Å². The van der Waals surface area contributed by atoms with Crippen LogP contribution in [0.15, 0.2) is 127 Å². The number of allylic oxidation sites excluding steroid dienone is 5. The van der Waals surface area contributed by atoms with E-state index in [9.17, 15) is 19.8 Å². The number of aromatic carboxylic acids is 1. The highest BCUT2D eigenvalue weighted by Gasteiger charge is 2.37. The van der Waals surface area contributed by atoms with Gasteiger partial charge in [0.2, 0.25) is 0 Å². The summed E-state index contributed by atoms with van der Waals surface area (Å²) in [5.41, 5.74) is 10.3. The first-order chi connectivity index (χ1) is 24.9. The summed E-state index contributed by atoms with van der Waals surface area (Å²) in [7, 11) is 0. The lowest BCUT2D eigenvalue weighted by atomic mass is 9.63. The van der Waals surface area contributed by atoms with Crippen LogP contribution in [0, 0.1) is 5.41 Å². The van der Waals surface area contributed by atoms with Gasteiger partial charge in [-0.15, -0.1) is 0 Å². The van der Waals surface area contributed by atoms with Crippen LogP contribution in [0.4, 0.5) is 0 Å². The van der Waals surface area contributed by atoms with E-state index in [-0.39, 0.29) is 27.9 Å². The van der Waals surface area contributed by atoms with Crippen molar-refractivity contribution in [3.05, 3.63) is 155 Å². The Morgan fingerprint density at radius 1 is 0.769 bits per heavy atom. The van der Waals surface area contributed by atoms with Gasteiger partial charge in [0.05, 0.1) is 0 Å². The first-order valence-electron chi connectivity index (χ1n) is 17.6. The van der Waals surface area contributed by atoms with Crippen LogP contribution in [-0.2, 0) is 5.41 Å². The van der Waals surface area contributed by atoms with Crippen LogP contribution in [0.3, 0.4) is 0 Å². The SMILES string of the molecule is CC1(C)C=CC2=C(C1)CC(C)(C)c1c2ccc2cc(-c3ccc4ccccc4c3C(=O)/C=C/c3ccc(C(=O)O)c(O)c3)cc(-c3ccncc3)c12. The second-order valence-corrected chi connectivity index (χ2v) is 15.4.